The predicted octanol–water partition coefficient (Wildman–Crippen LogP) is 3.35. The molecule has 0 aliphatic heterocycles. The van der Waals surface area contributed by atoms with Crippen LogP contribution in [-0.2, 0) is 6.54 Å². The van der Waals surface area contributed by atoms with E-state index in [9.17, 15) is 20.0 Å². The third kappa shape index (κ3) is 5.15. The topological polar surface area (TPSA) is 92.5 Å². The zero-order valence-electron chi connectivity index (χ0n) is 12.5. The van der Waals surface area contributed by atoms with E-state index in [0.29, 0.717) is 12.1 Å². The van der Waals surface area contributed by atoms with Gasteiger partial charge in [-0.2, -0.15) is 0 Å². The molecule has 6 nitrogen and oxygen atoms in total. The fourth-order valence-corrected chi connectivity index (χ4v) is 2.22. The van der Waals surface area contributed by atoms with Gasteiger partial charge in [-0.25, -0.2) is 4.79 Å². The third-order valence-corrected chi connectivity index (χ3v) is 3.42. The Morgan fingerprint density at radius 3 is 2.71 bits per heavy atom. The average Bonchev–Trinajstić information content (AvgIpc) is 2.44. The van der Waals surface area contributed by atoms with Crippen LogP contribution >= 0.6 is 0 Å². The number of carboxylic acid groups (broad SMARTS) is 1. The van der Waals surface area contributed by atoms with Gasteiger partial charge in [0, 0.05) is 18.7 Å². The van der Waals surface area contributed by atoms with Gasteiger partial charge in [-0.15, -0.1) is 0 Å². The maximum Gasteiger partial charge on any atom is 0.343 e. The summed E-state index contributed by atoms with van der Waals surface area (Å²) in [7, 11) is 0. The number of nitrogens with zero attached hydrogens (tertiary/aromatic N) is 1. The van der Waals surface area contributed by atoms with Gasteiger partial charge in [0.2, 0.25) is 0 Å². The average molecular weight is 294 g/mol. The molecule has 0 saturated carbocycles. The number of rotatable bonds is 9. The van der Waals surface area contributed by atoms with E-state index in [1.165, 1.54) is 18.6 Å². The molecule has 0 amide bonds. The molecule has 1 unspecified atom stereocenters. The van der Waals surface area contributed by atoms with E-state index >= 15 is 0 Å². The Kier molecular flexibility index (Phi) is 6.81. The third-order valence-electron chi connectivity index (χ3n) is 3.42. The second kappa shape index (κ2) is 8.36. The lowest BCUT2D eigenvalue weighted by Gasteiger charge is -2.14. The van der Waals surface area contributed by atoms with Gasteiger partial charge in [0.05, 0.1) is 4.92 Å². The Morgan fingerprint density at radius 2 is 2.14 bits per heavy atom. The molecule has 0 aliphatic rings. The minimum atomic E-state index is -1.27. The summed E-state index contributed by atoms with van der Waals surface area (Å²) in [6, 6.07) is 4.60. The van der Waals surface area contributed by atoms with Crippen molar-refractivity contribution in [1.82, 2.24) is 5.32 Å². The highest BCUT2D eigenvalue weighted by molar-refractivity contribution is 5.94. The molecule has 0 aromatic heterocycles. The molecule has 0 radical (unpaired) electrons. The van der Waals surface area contributed by atoms with Crippen LogP contribution in [0.25, 0.3) is 0 Å². The van der Waals surface area contributed by atoms with E-state index in [-0.39, 0.29) is 17.3 Å². The van der Waals surface area contributed by atoms with Crippen molar-refractivity contribution in [1.29, 1.82) is 0 Å². The van der Waals surface area contributed by atoms with Gasteiger partial charge in [-0.3, -0.25) is 10.1 Å². The largest absolute Gasteiger partial charge is 0.477 e. The molecular formula is C15H22N2O4. The van der Waals surface area contributed by atoms with E-state index in [1.54, 1.807) is 6.07 Å². The summed E-state index contributed by atoms with van der Waals surface area (Å²) in [6.07, 6.45) is 4.44. The van der Waals surface area contributed by atoms with Crippen LogP contribution in [-0.4, -0.2) is 22.0 Å². The van der Waals surface area contributed by atoms with Crippen LogP contribution in [0.15, 0.2) is 18.2 Å². The summed E-state index contributed by atoms with van der Waals surface area (Å²) in [5.74, 6) is -1.27. The van der Waals surface area contributed by atoms with Crippen LogP contribution in [0.3, 0.4) is 0 Å². The normalized spacial score (nSPS) is 12.1. The first kappa shape index (κ1) is 17.1. The molecule has 6 heteroatoms. The van der Waals surface area contributed by atoms with Crippen molar-refractivity contribution >= 4 is 11.7 Å². The molecule has 0 spiro atoms. The van der Waals surface area contributed by atoms with Gasteiger partial charge in [-0.1, -0.05) is 38.3 Å². The summed E-state index contributed by atoms with van der Waals surface area (Å²) < 4.78 is 0. The summed E-state index contributed by atoms with van der Waals surface area (Å²) in [6.45, 7) is 4.49. The molecule has 2 N–H and O–H groups in total. The van der Waals surface area contributed by atoms with Crippen molar-refractivity contribution < 1.29 is 14.8 Å². The van der Waals surface area contributed by atoms with Crippen molar-refractivity contribution in [2.45, 2.75) is 52.1 Å². The molecule has 21 heavy (non-hydrogen) atoms. The number of aromatic carboxylic acids is 1. The van der Waals surface area contributed by atoms with Gasteiger partial charge in [0.1, 0.15) is 5.56 Å². The number of hydrogen-bond acceptors (Lipinski definition) is 4. The van der Waals surface area contributed by atoms with Crippen molar-refractivity contribution in [2.24, 2.45) is 0 Å². The van der Waals surface area contributed by atoms with Crippen LogP contribution in [0.1, 0.15) is 55.5 Å². The smallest absolute Gasteiger partial charge is 0.343 e. The lowest BCUT2D eigenvalue weighted by atomic mass is 10.0. The summed E-state index contributed by atoms with van der Waals surface area (Å²) >= 11 is 0. The summed E-state index contributed by atoms with van der Waals surface area (Å²) in [4.78, 5) is 21.5. The zero-order chi connectivity index (χ0) is 15.8. The Morgan fingerprint density at radius 1 is 1.43 bits per heavy atom. The number of nitrogens with one attached hydrogen (secondary N) is 1. The Labute approximate surface area is 124 Å². The first-order valence-corrected chi connectivity index (χ1v) is 7.20. The molecule has 116 valence electrons. The van der Waals surface area contributed by atoms with Crippen molar-refractivity contribution in [2.75, 3.05) is 0 Å². The quantitative estimate of drug-likeness (QED) is 0.414. The summed E-state index contributed by atoms with van der Waals surface area (Å²) in [5, 5.41) is 23.3. The number of unbranched alkanes of at least 4 members (excludes halogenated alkanes) is 2. The minimum absolute atomic E-state index is 0.226. The van der Waals surface area contributed by atoms with E-state index < -0.39 is 10.9 Å². The second-order valence-electron chi connectivity index (χ2n) is 5.15. The number of carboxylic acids is 1. The van der Waals surface area contributed by atoms with Gasteiger partial charge in [0.15, 0.2) is 0 Å². The molecular weight excluding hydrogens is 272 g/mol. The molecule has 1 aromatic rings. The van der Waals surface area contributed by atoms with Gasteiger partial charge >= 0.3 is 5.97 Å². The number of hydrogen-bond donors (Lipinski definition) is 2. The van der Waals surface area contributed by atoms with E-state index in [0.717, 1.165) is 19.3 Å². The molecule has 0 bridgehead atoms. The van der Waals surface area contributed by atoms with Gasteiger partial charge in [0.25, 0.3) is 5.69 Å². The highest BCUT2D eigenvalue weighted by Crippen LogP contribution is 2.22. The van der Waals surface area contributed by atoms with Crippen LogP contribution < -0.4 is 5.32 Å². The highest BCUT2D eigenvalue weighted by Gasteiger charge is 2.23. The minimum Gasteiger partial charge on any atom is -0.477 e. The fraction of sp³-hybridized carbons (Fsp3) is 0.533. The lowest BCUT2D eigenvalue weighted by molar-refractivity contribution is -0.385. The predicted molar refractivity (Wildman–Crippen MR) is 80.5 cm³/mol. The molecule has 0 aliphatic carbocycles. The second-order valence-corrected chi connectivity index (χ2v) is 5.15. The molecule has 1 atom stereocenters. The van der Waals surface area contributed by atoms with Crippen LogP contribution in [0, 0.1) is 10.1 Å². The van der Waals surface area contributed by atoms with Crippen molar-refractivity contribution in [3.63, 3.8) is 0 Å². The zero-order valence-corrected chi connectivity index (χ0v) is 12.5. The molecule has 1 rings (SSSR count). The number of nitro groups is 1. The Bertz CT molecular complexity index is 502. The monoisotopic (exact) mass is 294 g/mol. The number of nitro benzene ring substituents is 1. The Balaban J connectivity index is 2.77. The maximum atomic E-state index is 11.3. The van der Waals surface area contributed by atoms with E-state index in [2.05, 4.69) is 12.2 Å². The lowest BCUT2D eigenvalue weighted by Crippen LogP contribution is -2.26. The standard InChI is InChI=1S/C15H22N2O4/c1-3-4-5-7-11(2)16-10-12-8-6-9-13(17(20)21)14(12)15(18)19/h6,8-9,11,16H,3-5,7,10H2,1-2H3,(H,18,19). The molecule has 0 saturated heterocycles. The van der Waals surface area contributed by atoms with Crippen LogP contribution in [0.4, 0.5) is 5.69 Å². The van der Waals surface area contributed by atoms with Crippen LogP contribution in [0.2, 0.25) is 0 Å². The fourth-order valence-electron chi connectivity index (χ4n) is 2.22. The first-order valence-electron chi connectivity index (χ1n) is 7.20. The molecule has 0 heterocycles. The first-order chi connectivity index (χ1) is 9.97. The summed E-state index contributed by atoms with van der Waals surface area (Å²) in [5.41, 5.74) is -0.143. The van der Waals surface area contributed by atoms with E-state index in [4.69, 9.17) is 0 Å². The van der Waals surface area contributed by atoms with Crippen molar-refractivity contribution in [3.05, 3.63) is 39.4 Å². The maximum absolute atomic E-state index is 11.3. The number of carbonyl (C=O) groups is 1. The number of benzene rings is 1. The van der Waals surface area contributed by atoms with Gasteiger partial charge < -0.3 is 10.4 Å². The highest BCUT2D eigenvalue weighted by atomic mass is 16.6. The Hall–Kier alpha value is -1.95. The SMILES string of the molecule is CCCCCC(C)NCc1cccc([N+](=O)[O-])c1C(=O)O. The molecule has 1 aromatic carbocycles. The van der Waals surface area contributed by atoms with Crippen molar-refractivity contribution in [3.8, 4) is 0 Å². The van der Waals surface area contributed by atoms with E-state index in [1.807, 2.05) is 6.92 Å². The van der Waals surface area contributed by atoms with Gasteiger partial charge in [-0.05, 0) is 18.9 Å². The molecule has 0 fully saturated rings. The van der Waals surface area contributed by atoms with Crippen LogP contribution in [0.5, 0.6) is 0 Å².